The van der Waals surface area contributed by atoms with Crippen molar-refractivity contribution in [2.45, 2.75) is 37.8 Å². The van der Waals surface area contributed by atoms with E-state index >= 15 is 0 Å². The number of rotatable bonds is 5. The number of hydrogen-bond acceptors (Lipinski definition) is 4. The summed E-state index contributed by atoms with van der Waals surface area (Å²) < 4.78 is 10.8. The summed E-state index contributed by atoms with van der Waals surface area (Å²) >= 11 is 0. The Kier molecular flexibility index (Phi) is 7.46. The second kappa shape index (κ2) is 9.35. The van der Waals surface area contributed by atoms with Gasteiger partial charge in [-0.1, -0.05) is 0 Å². The van der Waals surface area contributed by atoms with Gasteiger partial charge in [-0.2, -0.15) is 0 Å². The molecule has 25 heavy (non-hydrogen) atoms. The van der Waals surface area contributed by atoms with Gasteiger partial charge in [0.1, 0.15) is 11.5 Å². The molecular weight excluding hydrogens is 431 g/mol. The average Bonchev–Trinajstić information content (AvgIpc) is 3.04. The predicted molar refractivity (Wildman–Crippen MR) is 113 cm³/mol. The first-order valence-corrected chi connectivity index (χ1v) is 8.69. The van der Waals surface area contributed by atoms with Crippen LogP contribution in [-0.2, 0) is 0 Å². The Labute approximate surface area is 167 Å². The Morgan fingerprint density at radius 3 is 2.20 bits per heavy atom. The minimum absolute atomic E-state index is 0. The van der Waals surface area contributed by atoms with Gasteiger partial charge in [0.2, 0.25) is 0 Å². The summed E-state index contributed by atoms with van der Waals surface area (Å²) in [4.78, 5) is 6.72. The monoisotopic (exact) mass is 460 g/mol. The Morgan fingerprint density at radius 1 is 1.04 bits per heavy atom. The number of hydrogen-bond donors (Lipinski definition) is 2. The molecular formula is C18H29IN4O2. The molecule has 0 spiro atoms. The molecule has 0 radical (unpaired) electrons. The zero-order valence-electron chi connectivity index (χ0n) is 15.2. The molecule has 6 nitrogen and oxygen atoms in total. The Morgan fingerprint density at radius 2 is 1.68 bits per heavy atom. The van der Waals surface area contributed by atoms with Crippen molar-refractivity contribution in [3.63, 3.8) is 0 Å². The highest BCUT2D eigenvalue weighted by atomic mass is 127. The van der Waals surface area contributed by atoms with Gasteiger partial charge in [-0.3, -0.25) is 4.99 Å². The van der Waals surface area contributed by atoms with E-state index in [-0.39, 0.29) is 24.0 Å². The second-order valence-corrected chi connectivity index (χ2v) is 6.49. The van der Waals surface area contributed by atoms with Crippen molar-refractivity contribution in [3.8, 4) is 11.5 Å². The highest BCUT2D eigenvalue weighted by molar-refractivity contribution is 14.0. The number of nitrogens with one attached hydrogen (secondary N) is 2. The van der Waals surface area contributed by atoms with Gasteiger partial charge in [-0.15, -0.1) is 24.0 Å². The molecule has 1 aromatic carbocycles. The number of anilines is 1. The van der Waals surface area contributed by atoms with Crippen LogP contribution in [0.25, 0.3) is 0 Å². The molecule has 2 aliphatic rings. The first-order chi connectivity index (χ1) is 11.7. The van der Waals surface area contributed by atoms with E-state index in [9.17, 15) is 0 Å². The van der Waals surface area contributed by atoms with Crippen LogP contribution in [0.3, 0.4) is 0 Å². The zero-order valence-corrected chi connectivity index (χ0v) is 17.6. The van der Waals surface area contributed by atoms with Crippen LogP contribution in [0.4, 0.5) is 5.69 Å². The van der Waals surface area contributed by atoms with Crippen molar-refractivity contribution < 1.29 is 9.47 Å². The van der Waals surface area contributed by atoms with Crippen LogP contribution < -0.4 is 25.0 Å². The lowest BCUT2D eigenvalue weighted by Crippen LogP contribution is -2.50. The van der Waals surface area contributed by atoms with E-state index < -0.39 is 0 Å². The van der Waals surface area contributed by atoms with Crippen LogP contribution in [0.5, 0.6) is 11.5 Å². The van der Waals surface area contributed by atoms with E-state index in [2.05, 4.69) is 32.7 Å². The molecule has 3 rings (SSSR count). The quantitative estimate of drug-likeness (QED) is 0.402. The van der Waals surface area contributed by atoms with E-state index in [1.807, 2.05) is 13.1 Å². The van der Waals surface area contributed by atoms with Crippen LogP contribution >= 0.6 is 24.0 Å². The third kappa shape index (κ3) is 5.05. The topological polar surface area (TPSA) is 58.1 Å². The minimum atomic E-state index is 0. The van der Waals surface area contributed by atoms with Crippen molar-refractivity contribution in [1.29, 1.82) is 0 Å². The van der Waals surface area contributed by atoms with Crippen LogP contribution in [-0.4, -0.2) is 52.4 Å². The number of ether oxygens (including phenoxy) is 2. The fraction of sp³-hybridized carbons (Fsp3) is 0.611. The van der Waals surface area contributed by atoms with Crippen LogP contribution in [0.15, 0.2) is 23.2 Å². The molecule has 0 aromatic heterocycles. The molecule has 1 aromatic rings. The lowest BCUT2D eigenvalue weighted by Gasteiger charge is -2.29. The summed E-state index contributed by atoms with van der Waals surface area (Å²) in [6.45, 7) is 1.95. The Bertz CT molecular complexity index is 570. The fourth-order valence-electron chi connectivity index (χ4n) is 3.20. The van der Waals surface area contributed by atoms with Gasteiger partial charge in [-0.05, 0) is 25.7 Å². The summed E-state index contributed by atoms with van der Waals surface area (Å²) in [5.74, 6) is 2.57. The van der Waals surface area contributed by atoms with Gasteiger partial charge >= 0.3 is 0 Å². The van der Waals surface area contributed by atoms with Crippen molar-refractivity contribution in [3.05, 3.63) is 18.2 Å². The van der Waals surface area contributed by atoms with Crippen molar-refractivity contribution in [2.75, 3.05) is 39.3 Å². The van der Waals surface area contributed by atoms with E-state index in [0.717, 1.165) is 42.7 Å². The first kappa shape index (κ1) is 19.9. The molecule has 1 atom stereocenters. The van der Waals surface area contributed by atoms with Gasteiger partial charge < -0.3 is 25.0 Å². The summed E-state index contributed by atoms with van der Waals surface area (Å²) in [5.41, 5.74) is 1.14. The zero-order chi connectivity index (χ0) is 16.9. The molecule has 0 bridgehead atoms. The maximum Gasteiger partial charge on any atom is 0.191 e. The van der Waals surface area contributed by atoms with Gasteiger partial charge in [0.05, 0.1) is 14.2 Å². The van der Waals surface area contributed by atoms with Crippen molar-refractivity contribution in [1.82, 2.24) is 10.6 Å². The van der Waals surface area contributed by atoms with Gasteiger partial charge in [-0.25, -0.2) is 0 Å². The molecule has 1 unspecified atom stereocenters. The minimum Gasteiger partial charge on any atom is -0.497 e. The number of guanidine groups is 1. The second-order valence-electron chi connectivity index (χ2n) is 6.49. The number of aliphatic imine (C=N–C) groups is 1. The molecule has 1 aliphatic heterocycles. The molecule has 2 N–H and O–H groups in total. The highest BCUT2D eigenvalue weighted by Crippen LogP contribution is 2.30. The number of methoxy groups -OCH3 is 2. The van der Waals surface area contributed by atoms with E-state index in [0.29, 0.717) is 12.1 Å². The average molecular weight is 460 g/mol. The Balaban J connectivity index is 0.00000225. The van der Waals surface area contributed by atoms with E-state index in [1.165, 1.54) is 19.3 Å². The van der Waals surface area contributed by atoms with Gasteiger partial charge in [0, 0.05) is 56.1 Å². The molecule has 7 heteroatoms. The molecule has 2 fully saturated rings. The van der Waals surface area contributed by atoms with E-state index in [1.54, 1.807) is 14.2 Å². The normalized spacial score (nSPS) is 20.5. The third-order valence-electron chi connectivity index (χ3n) is 4.90. The highest BCUT2D eigenvalue weighted by Gasteiger charge is 2.25. The molecule has 1 aliphatic carbocycles. The van der Waals surface area contributed by atoms with Crippen LogP contribution in [0, 0.1) is 0 Å². The van der Waals surface area contributed by atoms with Crippen LogP contribution in [0.1, 0.15) is 25.7 Å². The summed E-state index contributed by atoms with van der Waals surface area (Å²) in [5, 5.41) is 7.06. The molecule has 1 heterocycles. The Hall–Kier alpha value is -1.38. The number of benzene rings is 1. The van der Waals surface area contributed by atoms with E-state index in [4.69, 9.17) is 9.47 Å². The number of halogens is 1. The summed E-state index contributed by atoms with van der Waals surface area (Å²) in [6, 6.07) is 7.02. The molecule has 1 saturated carbocycles. The smallest absolute Gasteiger partial charge is 0.191 e. The third-order valence-corrected chi connectivity index (χ3v) is 4.90. The van der Waals surface area contributed by atoms with Gasteiger partial charge in [0.25, 0.3) is 0 Å². The lowest BCUT2D eigenvalue weighted by molar-refractivity contribution is 0.378. The van der Waals surface area contributed by atoms with Crippen LogP contribution in [0.2, 0.25) is 0 Å². The van der Waals surface area contributed by atoms with Crippen molar-refractivity contribution in [2.24, 2.45) is 4.99 Å². The first-order valence-electron chi connectivity index (χ1n) is 8.69. The largest absolute Gasteiger partial charge is 0.497 e. The molecule has 140 valence electrons. The maximum absolute atomic E-state index is 5.38. The number of nitrogens with zero attached hydrogens (tertiary/aromatic N) is 2. The van der Waals surface area contributed by atoms with Gasteiger partial charge in [0.15, 0.2) is 5.96 Å². The fourth-order valence-corrected chi connectivity index (χ4v) is 3.20. The van der Waals surface area contributed by atoms with Crippen molar-refractivity contribution >= 4 is 35.6 Å². The lowest BCUT2D eigenvalue weighted by atomic mass is 9.93. The summed E-state index contributed by atoms with van der Waals surface area (Å²) in [6.07, 6.45) is 4.91. The molecule has 1 saturated heterocycles. The standard InChI is InChI=1S/C18H28N4O2.HI/c1-19-18(20-13-5-4-6-13)21-14-7-8-22(12-14)15-9-16(23-2)11-17(10-15)24-3;/h9-11,13-14H,4-8,12H2,1-3H3,(H2,19,20,21);1H. The maximum atomic E-state index is 5.38. The summed E-state index contributed by atoms with van der Waals surface area (Å²) in [7, 11) is 5.21. The SMILES string of the molecule is CN=C(NC1CCC1)NC1CCN(c2cc(OC)cc(OC)c2)C1.I. The molecule has 0 amide bonds. The predicted octanol–water partition coefficient (Wildman–Crippen LogP) is 2.62.